The van der Waals surface area contributed by atoms with Crippen molar-refractivity contribution in [2.45, 2.75) is 39.2 Å². The summed E-state index contributed by atoms with van der Waals surface area (Å²) in [4.78, 5) is 23.6. The number of hydrogen-bond donors (Lipinski definition) is 3. The van der Waals surface area contributed by atoms with Crippen molar-refractivity contribution in [3.05, 3.63) is 29.3 Å². The molecule has 0 fully saturated rings. The van der Waals surface area contributed by atoms with E-state index in [1.807, 2.05) is 6.07 Å². The van der Waals surface area contributed by atoms with E-state index >= 15 is 0 Å². The van der Waals surface area contributed by atoms with Gasteiger partial charge < -0.3 is 16.4 Å². The second kappa shape index (κ2) is 8.15. The van der Waals surface area contributed by atoms with E-state index in [0.29, 0.717) is 30.9 Å². The zero-order chi connectivity index (χ0) is 15.4. The minimum Gasteiger partial charge on any atom is -0.348 e. The number of hydrogen-bond acceptors (Lipinski definition) is 3. The molecule has 0 spiro atoms. The standard InChI is InChI=1S/C16H23N3O2.ClH/c1-10(2)7-13(9-17)18-16(21)12-3-5-14-11(8-12)4-6-15(20)19-14;/h3,5,8,10,13H,4,6-7,9,17H2,1-2H3,(H,18,21)(H,19,20);1H. The van der Waals surface area contributed by atoms with Crippen LogP contribution in [0.15, 0.2) is 18.2 Å². The number of aryl methyl sites for hydroxylation is 1. The second-order valence-corrected chi connectivity index (χ2v) is 5.96. The molecular formula is C16H24ClN3O2. The van der Waals surface area contributed by atoms with Gasteiger partial charge in [-0.3, -0.25) is 9.59 Å². The molecule has 1 unspecified atom stereocenters. The number of fused-ring (bicyclic) bond motifs is 1. The molecule has 0 bridgehead atoms. The summed E-state index contributed by atoms with van der Waals surface area (Å²) >= 11 is 0. The Morgan fingerprint density at radius 3 is 2.73 bits per heavy atom. The number of carbonyl (C=O) groups excluding carboxylic acids is 2. The molecule has 1 heterocycles. The highest BCUT2D eigenvalue weighted by Crippen LogP contribution is 2.23. The van der Waals surface area contributed by atoms with Crippen LogP contribution < -0.4 is 16.4 Å². The van der Waals surface area contributed by atoms with Crippen molar-refractivity contribution in [3.63, 3.8) is 0 Å². The van der Waals surface area contributed by atoms with Gasteiger partial charge in [-0.15, -0.1) is 12.4 Å². The highest BCUT2D eigenvalue weighted by Gasteiger charge is 2.18. The Labute approximate surface area is 137 Å². The Hall–Kier alpha value is -1.59. The van der Waals surface area contributed by atoms with E-state index in [0.717, 1.165) is 17.7 Å². The lowest BCUT2D eigenvalue weighted by Crippen LogP contribution is -2.41. The molecule has 1 aliphatic rings. The first-order chi connectivity index (χ1) is 9.99. The van der Waals surface area contributed by atoms with Gasteiger partial charge in [0.2, 0.25) is 5.91 Å². The highest BCUT2D eigenvalue weighted by molar-refractivity contribution is 5.98. The number of benzene rings is 1. The van der Waals surface area contributed by atoms with Gasteiger partial charge in [0, 0.05) is 30.3 Å². The summed E-state index contributed by atoms with van der Waals surface area (Å²) in [7, 11) is 0. The van der Waals surface area contributed by atoms with E-state index in [9.17, 15) is 9.59 Å². The summed E-state index contributed by atoms with van der Waals surface area (Å²) in [5, 5.41) is 5.79. The van der Waals surface area contributed by atoms with Crippen molar-refractivity contribution in [1.82, 2.24) is 5.32 Å². The molecule has 2 rings (SSSR count). The van der Waals surface area contributed by atoms with Crippen LogP contribution in [0.4, 0.5) is 5.69 Å². The molecule has 2 amide bonds. The molecule has 0 aromatic heterocycles. The summed E-state index contributed by atoms with van der Waals surface area (Å²) in [6.07, 6.45) is 2.01. The molecule has 6 heteroatoms. The average Bonchev–Trinajstić information content (AvgIpc) is 2.45. The molecule has 122 valence electrons. The molecule has 0 radical (unpaired) electrons. The lowest BCUT2D eigenvalue weighted by atomic mass is 9.99. The van der Waals surface area contributed by atoms with Crippen molar-refractivity contribution >= 4 is 29.9 Å². The minimum absolute atomic E-state index is 0. The Bertz CT molecular complexity index is 546. The van der Waals surface area contributed by atoms with Crippen LogP contribution in [0.3, 0.4) is 0 Å². The molecule has 4 N–H and O–H groups in total. The van der Waals surface area contributed by atoms with Crippen molar-refractivity contribution in [2.24, 2.45) is 11.7 Å². The van der Waals surface area contributed by atoms with Gasteiger partial charge in [0.05, 0.1) is 0 Å². The van der Waals surface area contributed by atoms with Gasteiger partial charge in [-0.1, -0.05) is 13.8 Å². The number of carbonyl (C=O) groups is 2. The topological polar surface area (TPSA) is 84.2 Å². The largest absolute Gasteiger partial charge is 0.348 e. The molecule has 1 aromatic rings. The summed E-state index contributed by atoms with van der Waals surface area (Å²) < 4.78 is 0. The molecule has 1 aliphatic heterocycles. The monoisotopic (exact) mass is 325 g/mol. The number of nitrogens with one attached hydrogen (secondary N) is 2. The third-order valence-electron chi connectivity index (χ3n) is 3.64. The van der Waals surface area contributed by atoms with E-state index in [1.54, 1.807) is 12.1 Å². The number of rotatable bonds is 5. The smallest absolute Gasteiger partial charge is 0.251 e. The van der Waals surface area contributed by atoms with Gasteiger partial charge in [0.1, 0.15) is 0 Å². The van der Waals surface area contributed by atoms with Crippen molar-refractivity contribution in [2.75, 3.05) is 11.9 Å². The van der Waals surface area contributed by atoms with E-state index in [4.69, 9.17) is 5.73 Å². The van der Waals surface area contributed by atoms with Crippen molar-refractivity contribution in [1.29, 1.82) is 0 Å². The van der Waals surface area contributed by atoms with Gasteiger partial charge in [0.25, 0.3) is 5.91 Å². The van der Waals surface area contributed by atoms with Crippen LogP contribution in [-0.4, -0.2) is 24.4 Å². The number of halogens is 1. The zero-order valence-electron chi connectivity index (χ0n) is 13.0. The minimum atomic E-state index is -0.106. The molecule has 0 aliphatic carbocycles. The van der Waals surface area contributed by atoms with Crippen LogP contribution in [-0.2, 0) is 11.2 Å². The first-order valence-electron chi connectivity index (χ1n) is 7.43. The van der Waals surface area contributed by atoms with Crippen molar-refractivity contribution < 1.29 is 9.59 Å². The summed E-state index contributed by atoms with van der Waals surface area (Å²) in [5.41, 5.74) is 8.14. The van der Waals surface area contributed by atoms with E-state index in [1.165, 1.54) is 0 Å². The van der Waals surface area contributed by atoms with Gasteiger partial charge in [-0.05, 0) is 42.5 Å². The maximum Gasteiger partial charge on any atom is 0.251 e. The van der Waals surface area contributed by atoms with Gasteiger partial charge >= 0.3 is 0 Å². The fourth-order valence-corrected chi connectivity index (χ4v) is 2.58. The molecule has 22 heavy (non-hydrogen) atoms. The Morgan fingerprint density at radius 1 is 1.36 bits per heavy atom. The normalized spacial score (nSPS) is 14.6. The summed E-state index contributed by atoms with van der Waals surface area (Å²) in [5.74, 6) is 0.406. The fraction of sp³-hybridized carbons (Fsp3) is 0.500. The predicted octanol–water partition coefficient (Wildman–Crippen LogP) is 2.10. The third-order valence-corrected chi connectivity index (χ3v) is 3.64. The molecule has 5 nitrogen and oxygen atoms in total. The van der Waals surface area contributed by atoms with E-state index < -0.39 is 0 Å². The fourth-order valence-electron chi connectivity index (χ4n) is 2.58. The zero-order valence-corrected chi connectivity index (χ0v) is 13.8. The molecular weight excluding hydrogens is 302 g/mol. The number of amides is 2. The maximum absolute atomic E-state index is 12.3. The maximum atomic E-state index is 12.3. The lowest BCUT2D eigenvalue weighted by molar-refractivity contribution is -0.116. The lowest BCUT2D eigenvalue weighted by Gasteiger charge is -2.20. The number of anilines is 1. The SMILES string of the molecule is CC(C)CC(CN)NC(=O)c1ccc2c(c1)CCC(=O)N2.Cl. The Morgan fingerprint density at radius 2 is 2.09 bits per heavy atom. The van der Waals surface area contributed by atoms with E-state index in [-0.39, 0.29) is 30.3 Å². The van der Waals surface area contributed by atoms with Gasteiger partial charge in [-0.25, -0.2) is 0 Å². The van der Waals surface area contributed by atoms with Crippen LogP contribution in [0, 0.1) is 5.92 Å². The van der Waals surface area contributed by atoms with Crippen molar-refractivity contribution in [3.8, 4) is 0 Å². The van der Waals surface area contributed by atoms with E-state index in [2.05, 4.69) is 24.5 Å². The Kier molecular flexibility index (Phi) is 6.84. The molecule has 1 atom stereocenters. The van der Waals surface area contributed by atoms with Gasteiger partial charge in [-0.2, -0.15) is 0 Å². The van der Waals surface area contributed by atoms with Crippen LogP contribution in [0.2, 0.25) is 0 Å². The van der Waals surface area contributed by atoms with Gasteiger partial charge in [0.15, 0.2) is 0 Å². The van der Waals surface area contributed by atoms with Crippen LogP contribution in [0.1, 0.15) is 42.6 Å². The first kappa shape index (κ1) is 18.5. The molecule has 0 saturated carbocycles. The quantitative estimate of drug-likeness (QED) is 0.775. The first-order valence-corrected chi connectivity index (χ1v) is 7.43. The average molecular weight is 326 g/mol. The predicted molar refractivity (Wildman–Crippen MR) is 90.4 cm³/mol. The molecule has 0 saturated heterocycles. The third kappa shape index (κ3) is 4.71. The Balaban J connectivity index is 0.00000242. The van der Waals surface area contributed by atoms with Crippen LogP contribution >= 0.6 is 12.4 Å². The highest BCUT2D eigenvalue weighted by atomic mass is 35.5. The van der Waals surface area contributed by atoms with Crippen LogP contribution in [0.25, 0.3) is 0 Å². The summed E-state index contributed by atoms with van der Waals surface area (Å²) in [6.45, 7) is 4.65. The second-order valence-electron chi connectivity index (χ2n) is 5.96. The van der Waals surface area contributed by atoms with Crippen LogP contribution in [0.5, 0.6) is 0 Å². The number of nitrogens with two attached hydrogens (primary N) is 1. The molecule has 1 aromatic carbocycles. The summed E-state index contributed by atoms with van der Waals surface area (Å²) in [6, 6.07) is 5.38.